The van der Waals surface area contributed by atoms with Gasteiger partial charge in [0.2, 0.25) is 0 Å². The van der Waals surface area contributed by atoms with Crippen LogP contribution in [0.3, 0.4) is 0 Å². The highest BCUT2D eigenvalue weighted by Crippen LogP contribution is 2.33. The summed E-state index contributed by atoms with van der Waals surface area (Å²) >= 11 is 6.04. The standard InChI is InChI=1S/C21H15ClF3N3O2S/c1-2-31(29,30)18-9-14(13-4-3-5-16(22)8-13)11-26-20(18)17-12-28-7-6-15(21(23,24)25)10-19(28)27-17/h3-12H,2H2,1H3. The number of sulfone groups is 1. The van der Waals surface area contributed by atoms with E-state index >= 15 is 0 Å². The van der Waals surface area contributed by atoms with Crippen LogP contribution in [0.25, 0.3) is 28.2 Å². The van der Waals surface area contributed by atoms with Crippen LogP contribution in [-0.4, -0.2) is 28.5 Å². The molecule has 0 fully saturated rings. The molecule has 0 saturated heterocycles. The molecule has 0 N–H and O–H groups in total. The van der Waals surface area contributed by atoms with Crippen molar-refractivity contribution in [3.05, 3.63) is 71.6 Å². The number of hydrogen-bond donors (Lipinski definition) is 0. The van der Waals surface area contributed by atoms with E-state index in [0.29, 0.717) is 16.1 Å². The van der Waals surface area contributed by atoms with Gasteiger partial charge < -0.3 is 4.40 Å². The Labute approximate surface area is 181 Å². The second-order valence-electron chi connectivity index (χ2n) is 6.79. The Balaban J connectivity index is 1.90. The summed E-state index contributed by atoms with van der Waals surface area (Å²) in [5, 5.41) is 0.488. The van der Waals surface area contributed by atoms with E-state index in [4.69, 9.17) is 11.6 Å². The smallest absolute Gasteiger partial charge is 0.306 e. The van der Waals surface area contributed by atoms with Crippen molar-refractivity contribution in [3.8, 4) is 22.5 Å². The van der Waals surface area contributed by atoms with Crippen LogP contribution in [0.5, 0.6) is 0 Å². The lowest BCUT2D eigenvalue weighted by molar-refractivity contribution is -0.137. The van der Waals surface area contributed by atoms with Crippen molar-refractivity contribution in [1.29, 1.82) is 0 Å². The minimum absolute atomic E-state index is 0.0328. The van der Waals surface area contributed by atoms with E-state index in [1.807, 2.05) is 0 Å². The van der Waals surface area contributed by atoms with Crippen molar-refractivity contribution in [2.24, 2.45) is 0 Å². The van der Waals surface area contributed by atoms with E-state index in [-0.39, 0.29) is 27.7 Å². The molecule has 3 heterocycles. The quantitative estimate of drug-likeness (QED) is 0.397. The molecule has 0 saturated carbocycles. The molecule has 0 spiro atoms. The second-order valence-corrected chi connectivity index (χ2v) is 9.47. The van der Waals surface area contributed by atoms with E-state index in [1.165, 1.54) is 36.0 Å². The van der Waals surface area contributed by atoms with Gasteiger partial charge in [-0.05, 0) is 35.9 Å². The number of pyridine rings is 2. The highest BCUT2D eigenvalue weighted by Gasteiger charge is 2.31. The van der Waals surface area contributed by atoms with E-state index in [1.54, 1.807) is 24.3 Å². The van der Waals surface area contributed by atoms with Crippen LogP contribution >= 0.6 is 11.6 Å². The van der Waals surface area contributed by atoms with Gasteiger partial charge >= 0.3 is 6.18 Å². The van der Waals surface area contributed by atoms with Crippen LogP contribution in [0.2, 0.25) is 5.02 Å². The van der Waals surface area contributed by atoms with Gasteiger partial charge in [0.15, 0.2) is 9.84 Å². The monoisotopic (exact) mass is 465 g/mol. The first-order valence-corrected chi connectivity index (χ1v) is 11.2. The molecule has 5 nitrogen and oxygen atoms in total. The maximum absolute atomic E-state index is 13.0. The number of fused-ring (bicyclic) bond motifs is 1. The summed E-state index contributed by atoms with van der Waals surface area (Å²) in [5.41, 5.74) is 0.646. The molecule has 0 aliphatic rings. The molecule has 4 rings (SSSR count). The van der Waals surface area contributed by atoms with E-state index < -0.39 is 21.6 Å². The topological polar surface area (TPSA) is 64.3 Å². The summed E-state index contributed by atoms with van der Waals surface area (Å²) in [6.45, 7) is 1.50. The first-order chi connectivity index (χ1) is 14.6. The van der Waals surface area contributed by atoms with Gasteiger partial charge in [-0.15, -0.1) is 0 Å². The molecule has 0 aliphatic heterocycles. The average Bonchev–Trinajstić information content (AvgIpc) is 3.16. The van der Waals surface area contributed by atoms with E-state index in [2.05, 4.69) is 9.97 Å². The minimum Gasteiger partial charge on any atom is -0.306 e. The fourth-order valence-electron chi connectivity index (χ4n) is 3.13. The Morgan fingerprint density at radius 1 is 1.10 bits per heavy atom. The van der Waals surface area contributed by atoms with Crippen molar-refractivity contribution in [1.82, 2.24) is 14.4 Å². The Hall–Kier alpha value is -2.91. The Kier molecular flexibility index (Phi) is 5.26. The van der Waals surface area contributed by atoms with E-state index in [9.17, 15) is 21.6 Å². The fraction of sp³-hybridized carbons (Fsp3) is 0.143. The molecule has 3 aromatic heterocycles. The fourth-order valence-corrected chi connectivity index (χ4v) is 4.39. The maximum Gasteiger partial charge on any atom is 0.416 e. The van der Waals surface area contributed by atoms with Crippen LogP contribution in [0.15, 0.2) is 66.0 Å². The molecule has 0 radical (unpaired) electrons. The van der Waals surface area contributed by atoms with Crippen LogP contribution in [0.4, 0.5) is 13.2 Å². The van der Waals surface area contributed by atoms with Crippen molar-refractivity contribution in [3.63, 3.8) is 0 Å². The van der Waals surface area contributed by atoms with Gasteiger partial charge in [0.05, 0.1) is 16.2 Å². The predicted molar refractivity (Wildman–Crippen MR) is 112 cm³/mol. The SMILES string of the molecule is CCS(=O)(=O)c1cc(-c2cccc(Cl)c2)cnc1-c1cn2ccc(C(F)(F)F)cc2n1. The summed E-state index contributed by atoms with van der Waals surface area (Å²) in [4.78, 5) is 8.46. The van der Waals surface area contributed by atoms with Crippen molar-refractivity contribution in [2.45, 2.75) is 18.0 Å². The zero-order valence-corrected chi connectivity index (χ0v) is 17.6. The third kappa shape index (κ3) is 4.15. The van der Waals surface area contributed by atoms with Gasteiger partial charge in [-0.1, -0.05) is 30.7 Å². The number of rotatable bonds is 4. The summed E-state index contributed by atoms with van der Waals surface area (Å²) in [6.07, 6.45) is -0.350. The van der Waals surface area contributed by atoms with Crippen LogP contribution in [0.1, 0.15) is 12.5 Å². The lowest BCUT2D eigenvalue weighted by Gasteiger charge is -2.10. The molecule has 1 aromatic carbocycles. The number of imidazole rings is 1. The summed E-state index contributed by atoms with van der Waals surface area (Å²) in [5.74, 6) is -0.174. The van der Waals surface area contributed by atoms with Gasteiger partial charge in [0, 0.05) is 29.2 Å². The largest absolute Gasteiger partial charge is 0.416 e. The number of alkyl halides is 3. The number of nitrogens with zero attached hydrogens (tertiary/aromatic N) is 3. The molecule has 160 valence electrons. The zero-order valence-electron chi connectivity index (χ0n) is 16.1. The lowest BCUT2D eigenvalue weighted by atomic mass is 10.1. The summed E-state index contributed by atoms with van der Waals surface area (Å²) < 4.78 is 66.0. The first kappa shape index (κ1) is 21.3. The molecule has 0 amide bonds. The molecule has 0 aliphatic carbocycles. The Morgan fingerprint density at radius 2 is 1.87 bits per heavy atom. The van der Waals surface area contributed by atoms with E-state index in [0.717, 1.165) is 12.1 Å². The van der Waals surface area contributed by atoms with Gasteiger partial charge in [-0.25, -0.2) is 13.4 Å². The van der Waals surface area contributed by atoms with Crippen molar-refractivity contribution < 1.29 is 21.6 Å². The molecular formula is C21H15ClF3N3O2S. The first-order valence-electron chi connectivity index (χ1n) is 9.13. The molecule has 0 atom stereocenters. The molecule has 4 aromatic rings. The zero-order chi connectivity index (χ0) is 22.4. The number of hydrogen-bond acceptors (Lipinski definition) is 4. The lowest BCUT2D eigenvalue weighted by Crippen LogP contribution is -2.07. The summed E-state index contributed by atoms with van der Waals surface area (Å²) in [7, 11) is -3.71. The normalized spacial score (nSPS) is 12.4. The highest BCUT2D eigenvalue weighted by atomic mass is 35.5. The highest BCUT2D eigenvalue weighted by molar-refractivity contribution is 7.91. The third-order valence-corrected chi connectivity index (χ3v) is 6.73. The molecule has 10 heteroatoms. The Bertz CT molecular complexity index is 1400. The van der Waals surface area contributed by atoms with Crippen molar-refractivity contribution >= 4 is 27.1 Å². The Morgan fingerprint density at radius 3 is 2.55 bits per heavy atom. The van der Waals surface area contributed by atoms with Gasteiger partial charge in [0.25, 0.3) is 0 Å². The van der Waals surface area contributed by atoms with Crippen LogP contribution < -0.4 is 0 Å². The number of aromatic nitrogens is 3. The maximum atomic E-state index is 13.0. The molecule has 31 heavy (non-hydrogen) atoms. The molecular weight excluding hydrogens is 451 g/mol. The van der Waals surface area contributed by atoms with Gasteiger partial charge in [-0.2, -0.15) is 13.2 Å². The van der Waals surface area contributed by atoms with Gasteiger partial charge in [-0.3, -0.25) is 4.98 Å². The number of benzene rings is 1. The molecule has 0 unspecified atom stereocenters. The second kappa shape index (κ2) is 7.65. The average molecular weight is 466 g/mol. The van der Waals surface area contributed by atoms with Gasteiger partial charge in [0.1, 0.15) is 17.0 Å². The minimum atomic E-state index is -4.51. The van der Waals surface area contributed by atoms with Crippen LogP contribution in [0, 0.1) is 0 Å². The summed E-state index contributed by atoms with van der Waals surface area (Å²) in [6, 6.07) is 10.2. The van der Waals surface area contributed by atoms with Crippen LogP contribution in [-0.2, 0) is 16.0 Å². The molecule has 0 bridgehead atoms. The number of halogens is 4. The van der Waals surface area contributed by atoms with Crippen molar-refractivity contribution in [2.75, 3.05) is 5.75 Å². The predicted octanol–water partition coefficient (Wildman–Crippen LogP) is 5.53. The third-order valence-electron chi connectivity index (χ3n) is 4.76.